The highest BCUT2D eigenvalue weighted by Gasteiger charge is 2.19. The Kier molecular flexibility index (Phi) is 4.63. The number of carbonyl (C=O) groups excluding carboxylic acids is 1. The van der Waals surface area contributed by atoms with E-state index in [-0.39, 0.29) is 11.9 Å². The van der Waals surface area contributed by atoms with Gasteiger partial charge in [-0.3, -0.25) is 4.79 Å². The van der Waals surface area contributed by atoms with Crippen molar-refractivity contribution in [2.75, 3.05) is 0 Å². The number of hydrogen-bond acceptors (Lipinski definition) is 1. The number of benzene rings is 1. The fourth-order valence-corrected chi connectivity index (χ4v) is 1.96. The Balaban J connectivity index is 2.87. The van der Waals surface area contributed by atoms with Crippen molar-refractivity contribution >= 4 is 29.1 Å². The number of amides is 1. The first-order valence-electron chi connectivity index (χ1n) is 5.12. The smallest absolute Gasteiger partial charge is 0.242 e. The minimum absolute atomic E-state index is 0.0846. The second-order valence-electron chi connectivity index (χ2n) is 4.03. The molecule has 0 spiro atoms. The number of aryl methyl sites for hydroxylation is 1. The molecule has 1 amide bonds. The summed E-state index contributed by atoms with van der Waals surface area (Å²) in [6, 6.07) is 5.41. The molecular weight excluding hydrogens is 245 g/mol. The van der Waals surface area contributed by atoms with Gasteiger partial charge in [-0.25, -0.2) is 0 Å². The molecule has 2 nitrogen and oxygen atoms in total. The molecule has 0 bridgehead atoms. The predicted molar refractivity (Wildman–Crippen MR) is 68.1 cm³/mol. The molecule has 1 unspecified atom stereocenters. The summed E-state index contributed by atoms with van der Waals surface area (Å²) in [5.74, 6) is -0.179. The Labute approximate surface area is 106 Å². The van der Waals surface area contributed by atoms with E-state index in [1.54, 1.807) is 18.2 Å². The van der Waals surface area contributed by atoms with Crippen molar-refractivity contribution in [3.8, 4) is 0 Å². The normalized spacial score (nSPS) is 12.6. The summed E-state index contributed by atoms with van der Waals surface area (Å²) in [6.07, 6.45) is 0. The standard InChI is InChI=1S/C12H15Cl2NO/c1-7(2)15-12(16)11(14)10-5-4-9(13)6-8(10)3/h4-7,11H,1-3H3,(H,15,16). The van der Waals surface area contributed by atoms with E-state index >= 15 is 0 Å². The van der Waals surface area contributed by atoms with Gasteiger partial charge in [0.2, 0.25) is 5.91 Å². The summed E-state index contributed by atoms with van der Waals surface area (Å²) < 4.78 is 0. The second-order valence-corrected chi connectivity index (χ2v) is 4.90. The number of alkyl halides is 1. The zero-order chi connectivity index (χ0) is 12.3. The maximum atomic E-state index is 11.7. The minimum Gasteiger partial charge on any atom is -0.352 e. The van der Waals surface area contributed by atoms with E-state index in [9.17, 15) is 4.79 Å². The Bertz CT molecular complexity index is 391. The highest BCUT2D eigenvalue weighted by Crippen LogP contribution is 2.26. The molecule has 0 saturated carbocycles. The summed E-state index contributed by atoms with van der Waals surface area (Å²) in [4.78, 5) is 11.7. The first kappa shape index (κ1) is 13.3. The molecule has 0 aromatic heterocycles. The lowest BCUT2D eigenvalue weighted by molar-refractivity contribution is -0.121. The molecule has 0 aliphatic carbocycles. The van der Waals surface area contributed by atoms with E-state index in [2.05, 4.69) is 5.32 Å². The number of nitrogens with one attached hydrogen (secondary N) is 1. The Morgan fingerprint density at radius 3 is 2.50 bits per heavy atom. The van der Waals surface area contributed by atoms with Crippen molar-refractivity contribution in [3.05, 3.63) is 34.3 Å². The maximum Gasteiger partial charge on any atom is 0.242 e. The zero-order valence-corrected chi connectivity index (χ0v) is 11.1. The minimum atomic E-state index is -0.667. The Morgan fingerprint density at radius 2 is 2.00 bits per heavy atom. The van der Waals surface area contributed by atoms with Crippen LogP contribution < -0.4 is 5.32 Å². The quantitative estimate of drug-likeness (QED) is 0.828. The summed E-state index contributed by atoms with van der Waals surface area (Å²) in [6.45, 7) is 5.69. The van der Waals surface area contributed by atoms with E-state index in [1.165, 1.54) is 0 Å². The summed E-state index contributed by atoms with van der Waals surface area (Å²) in [7, 11) is 0. The predicted octanol–water partition coefficient (Wildman–Crippen LogP) is 3.45. The molecule has 0 radical (unpaired) electrons. The number of halogens is 2. The topological polar surface area (TPSA) is 29.1 Å². The highest BCUT2D eigenvalue weighted by molar-refractivity contribution is 6.32. The molecule has 1 aromatic carbocycles. The van der Waals surface area contributed by atoms with Gasteiger partial charge in [-0.05, 0) is 44.0 Å². The van der Waals surface area contributed by atoms with Crippen molar-refractivity contribution in [2.45, 2.75) is 32.2 Å². The van der Waals surface area contributed by atoms with Gasteiger partial charge in [-0.2, -0.15) is 0 Å². The maximum absolute atomic E-state index is 11.7. The lowest BCUT2D eigenvalue weighted by atomic mass is 10.0. The van der Waals surface area contributed by atoms with Crippen LogP contribution in [0.4, 0.5) is 0 Å². The van der Waals surface area contributed by atoms with Gasteiger partial charge in [-0.15, -0.1) is 11.6 Å². The van der Waals surface area contributed by atoms with Crippen LogP contribution in [0.3, 0.4) is 0 Å². The molecule has 0 fully saturated rings. The van der Waals surface area contributed by atoms with E-state index in [4.69, 9.17) is 23.2 Å². The third-order valence-corrected chi connectivity index (χ3v) is 2.83. The molecular formula is C12H15Cl2NO. The van der Waals surface area contributed by atoms with Crippen LogP contribution in [0.15, 0.2) is 18.2 Å². The Hall–Kier alpha value is -0.730. The second kappa shape index (κ2) is 5.55. The third-order valence-electron chi connectivity index (χ3n) is 2.17. The van der Waals surface area contributed by atoms with E-state index < -0.39 is 5.38 Å². The fraction of sp³-hybridized carbons (Fsp3) is 0.417. The van der Waals surface area contributed by atoms with Gasteiger partial charge in [0.1, 0.15) is 5.38 Å². The molecule has 0 aliphatic heterocycles. The molecule has 16 heavy (non-hydrogen) atoms. The molecule has 0 aliphatic rings. The molecule has 0 heterocycles. The summed E-state index contributed by atoms with van der Waals surface area (Å²) in [5.41, 5.74) is 1.72. The molecule has 1 atom stereocenters. The molecule has 88 valence electrons. The van der Waals surface area contributed by atoms with E-state index in [1.807, 2.05) is 20.8 Å². The van der Waals surface area contributed by atoms with Gasteiger partial charge in [0.25, 0.3) is 0 Å². The van der Waals surface area contributed by atoms with Gasteiger partial charge in [-0.1, -0.05) is 17.7 Å². The van der Waals surface area contributed by atoms with Crippen LogP contribution in [-0.4, -0.2) is 11.9 Å². The lowest BCUT2D eigenvalue weighted by Crippen LogP contribution is -2.33. The van der Waals surface area contributed by atoms with Crippen LogP contribution in [0.25, 0.3) is 0 Å². The van der Waals surface area contributed by atoms with Gasteiger partial charge in [0, 0.05) is 11.1 Å². The van der Waals surface area contributed by atoms with Crippen molar-refractivity contribution in [2.24, 2.45) is 0 Å². The molecule has 1 aromatic rings. The fourth-order valence-electron chi connectivity index (χ4n) is 1.42. The molecule has 1 rings (SSSR count). The first-order chi connectivity index (χ1) is 7.41. The lowest BCUT2D eigenvalue weighted by Gasteiger charge is -2.15. The average Bonchev–Trinajstić information content (AvgIpc) is 2.15. The largest absolute Gasteiger partial charge is 0.352 e. The third kappa shape index (κ3) is 3.39. The summed E-state index contributed by atoms with van der Waals surface area (Å²) >= 11 is 11.9. The van der Waals surface area contributed by atoms with Crippen LogP contribution in [0.1, 0.15) is 30.4 Å². The number of hydrogen-bond donors (Lipinski definition) is 1. The Morgan fingerprint density at radius 1 is 1.38 bits per heavy atom. The number of rotatable bonds is 3. The van der Waals surface area contributed by atoms with Crippen LogP contribution in [0.2, 0.25) is 5.02 Å². The monoisotopic (exact) mass is 259 g/mol. The van der Waals surface area contributed by atoms with Crippen molar-refractivity contribution < 1.29 is 4.79 Å². The van der Waals surface area contributed by atoms with Crippen LogP contribution in [0, 0.1) is 6.92 Å². The van der Waals surface area contributed by atoms with Gasteiger partial charge in [0.15, 0.2) is 0 Å². The average molecular weight is 260 g/mol. The van der Waals surface area contributed by atoms with Crippen molar-refractivity contribution in [1.82, 2.24) is 5.32 Å². The van der Waals surface area contributed by atoms with Gasteiger partial charge < -0.3 is 5.32 Å². The molecule has 1 N–H and O–H groups in total. The van der Waals surface area contributed by atoms with Gasteiger partial charge >= 0.3 is 0 Å². The number of carbonyl (C=O) groups is 1. The van der Waals surface area contributed by atoms with E-state index in [0.717, 1.165) is 11.1 Å². The SMILES string of the molecule is Cc1cc(Cl)ccc1C(Cl)C(=O)NC(C)C. The van der Waals surface area contributed by atoms with Crippen LogP contribution in [-0.2, 0) is 4.79 Å². The first-order valence-corrected chi connectivity index (χ1v) is 5.93. The van der Waals surface area contributed by atoms with Crippen molar-refractivity contribution in [3.63, 3.8) is 0 Å². The van der Waals surface area contributed by atoms with Gasteiger partial charge in [0.05, 0.1) is 0 Å². The van der Waals surface area contributed by atoms with Crippen molar-refractivity contribution in [1.29, 1.82) is 0 Å². The zero-order valence-electron chi connectivity index (χ0n) is 9.55. The van der Waals surface area contributed by atoms with E-state index in [0.29, 0.717) is 5.02 Å². The molecule has 4 heteroatoms. The highest BCUT2D eigenvalue weighted by atomic mass is 35.5. The van der Waals surface area contributed by atoms with Crippen LogP contribution in [0.5, 0.6) is 0 Å². The van der Waals surface area contributed by atoms with Crippen LogP contribution >= 0.6 is 23.2 Å². The summed E-state index contributed by atoms with van der Waals surface area (Å²) in [5, 5.41) is 2.76. The molecule has 0 saturated heterocycles.